The minimum absolute atomic E-state index is 0.156. The molecule has 0 radical (unpaired) electrons. The van der Waals surface area contributed by atoms with Crippen molar-refractivity contribution in [3.63, 3.8) is 0 Å². The number of carbonyl (C=O) groups excluding carboxylic acids is 1. The van der Waals surface area contributed by atoms with Gasteiger partial charge in [0.15, 0.2) is 0 Å². The first-order valence-electron chi connectivity index (χ1n) is 7.52. The lowest BCUT2D eigenvalue weighted by Gasteiger charge is -2.01. The van der Waals surface area contributed by atoms with Crippen LogP contribution in [0.25, 0.3) is 15.9 Å². The van der Waals surface area contributed by atoms with Crippen LogP contribution in [0.2, 0.25) is 0 Å². The fourth-order valence-corrected chi connectivity index (χ4v) is 3.32. The maximum absolute atomic E-state index is 12.3. The van der Waals surface area contributed by atoms with Crippen LogP contribution in [0.15, 0.2) is 67.0 Å². The summed E-state index contributed by atoms with van der Waals surface area (Å²) in [7, 11) is 0. The molecule has 6 heteroatoms. The Morgan fingerprint density at radius 1 is 1.08 bits per heavy atom. The van der Waals surface area contributed by atoms with E-state index in [4.69, 9.17) is 0 Å². The van der Waals surface area contributed by atoms with E-state index in [1.807, 2.05) is 54.6 Å². The van der Waals surface area contributed by atoms with E-state index in [-0.39, 0.29) is 5.91 Å². The number of aromatic nitrogens is 3. The highest BCUT2D eigenvalue weighted by molar-refractivity contribution is 7.18. The molecule has 2 aromatic heterocycles. The predicted octanol–water partition coefficient (Wildman–Crippen LogP) is 3.41. The number of rotatable bonds is 4. The van der Waals surface area contributed by atoms with Gasteiger partial charge in [-0.05, 0) is 24.3 Å². The predicted molar refractivity (Wildman–Crippen MR) is 94.4 cm³/mol. The summed E-state index contributed by atoms with van der Waals surface area (Å²) < 4.78 is 2.81. The molecule has 0 saturated heterocycles. The number of thiazole rings is 1. The number of hydrogen-bond acceptors (Lipinski definition) is 4. The number of carbonyl (C=O) groups is 1. The van der Waals surface area contributed by atoms with E-state index in [1.165, 1.54) is 0 Å². The lowest BCUT2D eigenvalue weighted by molar-refractivity contribution is 0.0951. The molecule has 0 aliphatic heterocycles. The van der Waals surface area contributed by atoms with E-state index < -0.39 is 0 Å². The highest BCUT2D eigenvalue weighted by atomic mass is 32.1. The Morgan fingerprint density at radius 2 is 1.88 bits per heavy atom. The molecule has 0 saturated carbocycles. The number of hydrogen-bond donors (Lipinski definition) is 1. The number of nitrogens with zero attached hydrogens (tertiary/aromatic N) is 3. The number of fused-ring (bicyclic) bond motifs is 1. The lowest BCUT2D eigenvalue weighted by Crippen LogP contribution is -2.22. The average Bonchev–Trinajstić information content (AvgIpc) is 3.27. The second-order valence-corrected chi connectivity index (χ2v) is 6.38. The molecule has 2 aromatic carbocycles. The number of para-hydroxylation sites is 2. The first-order valence-corrected chi connectivity index (χ1v) is 8.34. The molecule has 4 rings (SSSR count). The number of amides is 1. The summed E-state index contributed by atoms with van der Waals surface area (Å²) in [5.74, 6) is -0.156. The van der Waals surface area contributed by atoms with E-state index in [9.17, 15) is 4.79 Å². The van der Waals surface area contributed by atoms with E-state index in [0.717, 1.165) is 20.9 Å². The minimum Gasteiger partial charge on any atom is -0.345 e. The van der Waals surface area contributed by atoms with E-state index in [1.54, 1.807) is 28.4 Å². The van der Waals surface area contributed by atoms with E-state index in [2.05, 4.69) is 15.4 Å². The second kappa shape index (κ2) is 6.25. The Hall–Kier alpha value is -2.99. The fourth-order valence-electron chi connectivity index (χ4n) is 2.42. The lowest BCUT2D eigenvalue weighted by atomic mass is 10.3. The average molecular weight is 334 g/mol. The topological polar surface area (TPSA) is 59.8 Å². The zero-order chi connectivity index (χ0) is 16.4. The third-order valence-electron chi connectivity index (χ3n) is 3.60. The van der Waals surface area contributed by atoms with E-state index in [0.29, 0.717) is 12.1 Å². The summed E-state index contributed by atoms with van der Waals surface area (Å²) in [6.45, 7) is 0.411. The Kier molecular flexibility index (Phi) is 3.80. The maximum atomic E-state index is 12.3. The third-order valence-corrected chi connectivity index (χ3v) is 4.64. The van der Waals surface area contributed by atoms with Crippen LogP contribution in [-0.4, -0.2) is 20.7 Å². The molecule has 0 atom stereocenters. The summed E-state index contributed by atoms with van der Waals surface area (Å²) in [5.41, 5.74) is 2.41. The van der Waals surface area contributed by atoms with Crippen LogP contribution in [0.3, 0.4) is 0 Å². The zero-order valence-electron chi connectivity index (χ0n) is 12.7. The quantitative estimate of drug-likeness (QED) is 0.622. The molecular formula is C18H14N4OS. The largest absolute Gasteiger partial charge is 0.345 e. The Balaban J connectivity index is 1.45. The molecule has 0 fully saturated rings. The van der Waals surface area contributed by atoms with Crippen LogP contribution >= 0.6 is 11.3 Å². The van der Waals surface area contributed by atoms with Gasteiger partial charge in [0.1, 0.15) is 5.01 Å². The first-order chi connectivity index (χ1) is 11.8. The summed E-state index contributed by atoms with van der Waals surface area (Å²) in [6, 6.07) is 17.6. The van der Waals surface area contributed by atoms with Crippen LogP contribution in [0, 0.1) is 0 Å². The van der Waals surface area contributed by atoms with E-state index >= 15 is 0 Å². The molecule has 0 aliphatic rings. The van der Waals surface area contributed by atoms with Gasteiger partial charge < -0.3 is 5.32 Å². The minimum atomic E-state index is -0.156. The Morgan fingerprint density at radius 3 is 2.71 bits per heavy atom. The van der Waals surface area contributed by atoms with Gasteiger partial charge in [0.25, 0.3) is 5.91 Å². The second-order valence-electron chi connectivity index (χ2n) is 5.27. The molecule has 0 aliphatic carbocycles. The third kappa shape index (κ3) is 2.91. The molecular weight excluding hydrogens is 320 g/mol. The van der Waals surface area contributed by atoms with Gasteiger partial charge in [0, 0.05) is 6.20 Å². The molecule has 4 aromatic rings. The van der Waals surface area contributed by atoms with Gasteiger partial charge in [-0.15, -0.1) is 11.3 Å². The Labute approximate surface area is 142 Å². The normalized spacial score (nSPS) is 10.8. The molecule has 0 bridgehead atoms. The van der Waals surface area contributed by atoms with Crippen LogP contribution in [-0.2, 0) is 6.54 Å². The highest BCUT2D eigenvalue weighted by Crippen LogP contribution is 2.21. The molecule has 0 spiro atoms. The van der Waals surface area contributed by atoms with Crippen LogP contribution in [0.1, 0.15) is 15.4 Å². The standard InChI is InChI=1S/C18H14N4OS/c23-18(13-10-20-22(12-13)14-6-2-1-3-7-14)19-11-17-21-15-8-4-5-9-16(15)24-17/h1-10,12H,11H2,(H,19,23). The van der Waals surface area contributed by atoms with Crippen molar-refractivity contribution in [2.75, 3.05) is 0 Å². The van der Waals surface area contributed by atoms with Gasteiger partial charge in [-0.3, -0.25) is 4.79 Å². The van der Waals surface area contributed by atoms with Gasteiger partial charge in [-0.1, -0.05) is 30.3 Å². The van der Waals surface area contributed by atoms with Crippen molar-refractivity contribution >= 4 is 27.5 Å². The molecule has 24 heavy (non-hydrogen) atoms. The summed E-state index contributed by atoms with van der Waals surface area (Å²) >= 11 is 1.59. The summed E-state index contributed by atoms with van der Waals surface area (Å²) in [6.07, 6.45) is 3.30. The monoisotopic (exact) mass is 334 g/mol. The van der Waals surface area contributed by atoms with Gasteiger partial charge in [-0.25, -0.2) is 9.67 Å². The van der Waals surface area contributed by atoms with Crippen molar-refractivity contribution in [1.82, 2.24) is 20.1 Å². The van der Waals surface area contributed by atoms with Crippen molar-refractivity contribution in [2.45, 2.75) is 6.54 Å². The SMILES string of the molecule is O=C(NCc1nc2ccccc2s1)c1cnn(-c2ccccc2)c1. The fraction of sp³-hybridized carbons (Fsp3) is 0.0556. The number of nitrogens with one attached hydrogen (secondary N) is 1. The van der Waals surface area contributed by atoms with Crippen LogP contribution in [0.4, 0.5) is 0 Å². The Bertz CT molecular complexity index is 957. The molecule has 2 heterocycles. The van der Waals surface area contributed by atoms with Crippen LogP contribution < -0.4 is 5.32 Å². The molecule has 0 unspecified atom stereocenters. The molecule has 1 amide bonds. The van der Waals surface area contributed by atoms with Gasteiger partial charge in [0.05, 0.1) is 34.2 Å². The van der Waals surface area contributed by atoms with Crippen LogP contribution in [0.5, 0.6) is 0 Å². The summed E-state index contributed by atoms with van der Waals surface area (Å²) in [5, 5.41) is 8.03. The van der Waals surface area contributed by atoms with Crippen molar-refractivity contribution in [3.8, 4) is 5.69 Å². The van der Waals surface area contributed by atoms with Gasteiger partial charge in [0.2, 0.25) is 0 Å². The number of benzene rings is 2. The van der Waals surface area contributed by atoms with Crippen molar-refractivity contribution in [3.05, 3.63) is 77.6 Å². The van der Waals surface area contributed by atoms with Crippen molar-refractivity contribution in [2.24, 2.45) is 0 Å². The molecule has 1 N–H and O–H groups in total. The zero-order valence-corrected chi connectivity index (χ0v) is 13.5. The summed E-state index contributed by atoms with van der Waals surface area (Å²) in [4.78, 5) is 16.8. The van der Waals surface area contributed by atoms with Crippen molar-refractivity contribution < 1.29 is 4.79 Å². The smallest absolute Gasteiger partial charge is 0.254 e. The van der Waals surface area contributed by atoms with Crippen molar-refractivity contribution in [1.29, 1.82) is 0 Å². The first kappa shape index (κ1) is 14.6. The molecule has 5 nitrogen and oxygen atoms in total. The van der Waals surface area contributed by atoms with Gasteiger partial charge in [-0.2, -0.15) is 5.10 Å². The maximum Gasteiger partial charge on any atom is 0.254 e. The van der Waals surface area contributed by atoms with Gasteiger partial charge >= 0.3 is 0 Å². The highest BCUT2D eigenvalue weighted by Gasteiger charge is 2.10. The molecule has 118 valence electrons.